The predicted octanol–water partition coefficient (Wildman–Crippen LogP) is -5.05. The van der Waals surface area contributed by atoms with Crippen molar-refractivity contribution in [2.75, 3.05) is 19.8 Å². The highest BCUT2D eigenvalue weighted by molar-refractivity contribution is 5.07. The first-order valence-corrected chi connectivity index (χ1v) is 8.49. The van der Waals surface area contributed by atoms with Crippen molar-refractivity contribution in [1.29, 1.82) is 0 Å². The molecule has 0 saturated carbocycles. The van der Waals surface area contributed by atoms with Gasteiger partial charge in [-0.05, 0) is 5.92 Å². The number of ether oxygens (including phenoxy) is 3. The van der Waals surface area contributed by atoms with Gasteiger partial charge in [0, 0.05) is 0 Å². The van der Waals surface area contributed by atoms with Gasteiger partial charge in [-0.25, -0.2) is 0 Å². The van der Waals surface area contributed by atoms with Crippen molar-refractivity contribution >= 4 is 0 Å². The van der Waals surface area contributed by atoms with Crippen LogP contribution in [0.15, 0.2) is 0 Å². The second kappa shape index (κ2) is 7.74. The lowest BCUT2D eigenvalue weighted by atomic mass is 9.76. The van der Waals surface area contributed by atoms with Crippen LogP contribution in [0, 0.1) is 5.92 Å². The molecule has 0 bridgehead atoms. The Hall–Kier alpha value is -0.480. The van der Waals surface area contributed by atoms with E-state index in [1.807, 2.05) is 0 Å². The molecule has 12 nitrogen and oxygen atoms in total. The van der Waals surface area contributed by atoms with Crippen molar-refractivity contribution in [1.82, 2.24) is 0 Å². The van der Waals surface area contributed by atoms with Crippen LogP contribution in [0.1, 0.15) is 13.8 Å². The minimum absolute atomic E-state index is 0.766. The van der Waals surface area contributed by atoms with E-state index in [0.717, 1.165) is 0 Å². The van der Waals surface area contributed by atoms with Gasteiger partial charge in [0.25, 0.3) is 0 Å². The summed E-state index contributed by atoms with van der Waals surface area (Å²) in [7, 11) is 0. The minimum atomic E-state index is -3.19. The predicted molar refractivity (Wildman–Crippen MR) is 83.6 cm³/mol. The van der Waals surface area contributed by atoms with Gasteiger partial charge in [-0.3, -0.25) is 4.74 Å². The van der Waals surface area contributed by atoms with Gasteiger partial charge < -0.3 is 55.4 Å². The second-order valence-corrected chi connectivity index (χ2v) is 7.18. The third-order valence-electron chi connectivity index (χ3n) is 5.25. The van der Waals surface area contributed by atoms with E-state index in [1.165, 1.54) is 13.8 Å². The van der Waals surface area contributed by atoms with E-state index in [2.05, 4.69) is 0 Å². The molecule has 0 radical (unpaired) electrons. The van der Waals surface area contributed by atoms with Crippen LogP contribution in [0.5, 0.6) is 0 Å². The Morgan fingerprint density at radius 1 is 0.852 bits per heavy atom. The Morgan fingerprint density at radius 2 is 1.33 bits per heavy atom. The van der Waals surface area contributed by atoms with Gasteiger partial charge in [0.05, 0.1) is 13.2 Å². The Bertz CT molecular complexity index is 519. The zero-order valence-electron chi connectivity index (χ0n) is 14.9. The van der Waals surface area contributed by atoms with Crippen LogP contribution in [0.3, 0.4) is 0 Å². The first-order valence-electron chi connectivity index (χ1n) is 8.49. The van der Waals surface area contributed by atoms with Gasteiger partial charge in [-0.15, -0.1) is 0 Å². The van der Waals surface area contributed by atoms with E-state index < -0.39 is 79.7 Å². The topological polar surface area (TPSA) is 210 Å². The Morgan fingerprint density at radius 3 is 1.74 bits per heavy atom. The summed E-state index contributed by atoms with van der Waals surface area (Å²) < 4.78 is 15.5. The van der Waals surface area contributed by atoms with Crippen LogP contribution in [-0.2, 0) is 14.2 Å². The van der Waals surface area contributed by atoms with Crippen molar-refractivity contribution in [2.24, 2.45) is 5.92 Å². The van der Waals surface area contributed by atoms with Crippen molar-refractivity contribution < 1.29 is 60.2 Å². The summed E-state index contributed by atoms with van der Waals surface area (Å²) in [6.07, 6.45) is -10.6. The summed E-state index contributed by atoms with van der Waals surface area (Å²) in [5, 5.41) is 90.7. The molecule has 9 atom stereocenters. The molecule has 160 valence electrons. The van der Waals surface area contributed by atoms with Crippen molar-refractivity contribution in [3.8, 4) is 0 Å². The summed E-state index contributed by atoms with van der Waals surface area (Å²) in [5.74, 6) is -6.76. The summed E-state index contributed by atoms with van der Waals surface area (Å²) in [6, 6.07) is 0. The SMILES string of the molecule is CC(C)[C@@]1(O)[C@@H](O)[C@H](O)[C@@H](CO)O[C@@]1(O)OC1(CO)O[C@H](CO)[C@@H](O)[C@@H]1O. The molecule has 27 heavy (non-hydrogen) atoms. The van der Waals surface area contributed by atoms with Crippen LogP contribution >= 0.6 is 0 Å². The van der Waals surface area contributed by atoms with E-state index in [0.29, 0.717) is 0 Å². The third kappa shape index (κ3) is 3.29. The van der Waals surface area contributed by atoms with E-state index in [1.54, 1.807) is 0 Å². The van der Waals surface area contributed by atoms with E-state index >= 15 is 0 Å². The smallest absolute Gasteiger partial charge is 0.317 e. The Labute approximate surface area is 154 Å². The molecular weight excluding hydrogens is 372 g/mol. The first-order chi connectivity index (χ1) is 12.4. The minimum Gasteiger partial charge on any atom is -0.394 e. The van der Waals surface area contributed by atoms with Crippen LogP contribution in [-0.4, -0.2) is 120 Å². The Kier molecular flexibility index (Phi) is 6.54. The molecule has 2 rings (SSSR count). The summed E-state index contributed by atoms with van der Waals surface area (Å²) >= 11 is 0. The average molecular weight is 400 g/mol. The van der Waals surface area contributed by atoms with Gasteiger partial charge in [0.1, 0.15) is 43.2 Å². The first kappa shape index (κ1) is 22.8. The average Bonchev–Trinajstić information content (AvgIpc) is 2.87. The highest BCUT2D eigenvalue weighted by Crippen LogP contribution is 2.46. The van der Waals surface area contributed by atoms with E-state index in [-0.39, 0.29) is 0 Å². The maximum absolute atomic E-state index is 10.9. The molecule has 12 heteroatoms. The monoisotopic (exact) mass is 400 g/mol. The fourth-order valence-corrected chi connectivity index (χ4v) is 3.46. The molecule has 0 aliphatic carbocycles. The standard InChI is InChI=1S/C15H28O12/c1-6(2)14(23)12(22)10(20)8(4-17)26-15(14,24)27-13(5-18)11(21)9(19)7(3-16)25-13/h6-12,16-24H,3-5H2,1-2H3/t7-,8-,9-,10-,11+,12+,13?,14-,15-/m1/s1. The van der Waals surface area contributed by atoms with Crippen molar-refractivity contribution in [2.45, 2.75) is 67.8 Å². The second-order valence-electron chi connectivity index (χ2n) is 7.18. The fourth-order valence-electron chi connectivity index (χ4n) is 3.46. The molecule has 2 aliphatic heterocycles. The molecule has 0 amide bonds. The maximum atomic E-state index is 10.9. The molecule has 9 N–H and O–H groups in total. The summed E-state index contributed by atoms with van der Waals surface area (Å²) in [6.45, 7) is -0.0805. The molecule has 1 unspecified atom stereocenters. The lowest BCUT2D eigenvalue weighted by Gasteiger charge is -2.55. The van der Waals surface area contributed by atoms with Crippen LogP contribution in [0.25, 0.3) is 0 Å². The molecule has 0 aromatic carbocycles. The van der Waals surface area contributed by atoms with Crippen LogP contribution in [0.2, 0.25) is 0 Å². The Balaban J connectivity index is 2.48. The van der Waals surface area contributed by atoms with Gasteiger partial charge >= 0.3 is 5.97 Å². The lowest BCUT2D eigenvalue weighted by Crippen LogP contribution is -2.77. The molecule has 2 aliphatic rings. The molecular formula is C15H28O12. The zero-order chi connectivity index (χ0) is 20.8. The highest BCUT2D eigenvalue weighted by Gasteiger charge is 2.70. The van der Waals surface area contributed by atoms with Gasteiger partial charge in [-0.1, -0.05) is 13.8 Å². The van der Waals surface area contributed by atoms with Gasteiger partial charge in [0.2, 0.25) is 5.79 Å². The molecule has 0 aromatic heterocycles. The van der Waals surface area contributed by atoms with Crippen molar-refractivity contribution in [3.63, 3.8) is 0 Å². The van der Waals surface area contributed by atoms with E-state index in [9.17, 15) is 46.0 Å². The quantitative estimate of drug-likeness (QED) is 0.192. The summed E-state index contributed by atoms with van der Waals surface area (Å²) in [5.41, 5.74) is -2.70. The zero-order valence-corrected chi connectivity index (χ0v) is 14.9. The highest BCUT2D eigenvalue weighted by atomic mass is 16.9. The number of aliphatic hydroxyl groups excluding tert-OH is 7. The molecule has 0 spiro atoms. The largest absolute Gasteiger partial charge is 0.394 e. The van der Waals surface area contributed by atoms with Crippen molar-refractivity contribution in [3.05, 3.63) is 0 Å². The number of rotatable bonds is 6. The summed E-state index contributed by atoms with van der Waals surface area (Å²) in [4.78, 5) is 0. The normalized spacial score (nSPS) is 51.1. The number of aliphatic hydroxyl groups is 9. The third-order valence-corrected chi connectivity index (χ3v) is 5.25. The molecule has 0 aromatic rings. The van der Waals surface area contributed by atoms with Gasteiger partial charge in [-0.2, -0.15) is 0 Å². The lowest BCUT2D eigenvalue weighted by molar-refractivity contribution is -0.529. The van der Waals surface area contributed by atoms with E-state index in [4.69, 9.17) is 14.2 Å². The van der Waals surface area contributed by atoms with Gasteiger partial charge in [0.15, 0.2) is 5.60 Å². The van der Waals surface area contributed by atoms with Crippen LogP contribution < -0.4 is 0 Å². The number of hydrogen-bond acceptors (Lipinski definition) is 12. The maximum Gasteiger partial charge on any atom is 0.317 e. The molecule has 2 heterocycles. The molecule has 2 saturated heterocycles. The number of hydrogen-bond donors (Lipinski definition) is 9. The molecule has 2 fully saturated rings. The fraction of sp³-hybridized carbons (Fsp3) is 1.00. The van der Waals surface area contributed by atoms with Crippen LogP contribution in [0.4, 0.5) is 0 Å².